The smallest absolute Gasteiger partial charge is 0.367 e. The van der Waals surface area contributed by atoms with Crippen LogP contribution in [0.5, 0.6) is 0 Å². The molecule has 1 aromatic carbocycles. The van der Waals surface area contributed by atoms with E-state index in [1.54, 1.807) is 0 Å². The maximum Gasteiger partial charge on any atom is 0.367 e. The van der Waals surface area contributed by atoms with Gasteiger partial charge in [0.25, 0.3) is 0 Å². The zero-order chi connectivity index (χ0) is 12.2. The van der Waals surface area contributed by atoms with Crippen molar-refractivity contribution < 1.29 is 14.3 Å². The van der Waals surface area contributed by atoms with Gasteiger partial charge in [-0.3, -0.25) is 0 Å². The third-order valence-corrected chi connectivity index (χ3v) is 3.00. The van der Waals surface area contributed by atoms with Gasteiger partial charge in [0.05, 0.1) is 21.1 Å². The average molecular weight is 269 g/mol. The van der Waals surface area contributed by atoms with Crippen LogP contribution in [-0.4, -0.2) is 21.9 Å². The number of carbonyl (C=O) groups is 2. The Labute approximate surface area is 104 Å². The van der Waals surface area contributed by atoms with Gasteiger partial charge in [-0.1, -0.05) is 23.2 Å². The van der Waals surface area contributed by atoms with Crippen LogP contribution in [0.4, 0.5) is 0 Å². The summed E-state index contributed by atoms with van der Waals surface area (Å²) in [5.41, 5.74) is 0.566. The van der Waals surface area contributed by atoms with Crippen LogP contribution in [-0.2, 0) is 4.74 Å². The largest absolute Gasteiger partial charge is 0.383 e. The molecule has 1 aliphatic rings. The number of ether oxygens (including phenoxy) is 1. The molecule has 0 aliphatic carbocycles. The van der Waals surface area contributed by atoms with E-state index >= 15 is 0 Å². The number of esters is 2. The summed E-state index contributed by atoms with van der Waals surface area (Å²) in [5, 5.41) is 0.595. The number of halogens is 2. The summed E-state index contributed by atoms with van der Waals surface area (Å²) in [6.45, 7) is 0. The number of rotatable bonds is 0. The number of hydrogen-bond donors (Lipinski definition) is 0. The number of aromatic nitrogens is 2. The van der Waals surface area contributed by atoms with E-state index in [0.29, 0.717) is 21.1 Å². The summed E-state index contributed by atoms with van der Waals surface area (Å²) >= 11 is 11.6. The topological polar surface area (TPSA) is 69.2 Å². The second-order valence-electron chi connectivity index (χ2n) is 3.35. The second kappa shape index (κ2) is 3.38. The van der Waals surface area contributed by atoms with Gasteiger partial charge in [-0.25, -0.2) is 19.6 Å². The van der Waals surface area contributed by atoms with E-state index in [1.165, 1.54) is 12.1 Å². The first-order chi connectivity index (χ1) is 8.06. The summed E-state index contributed by atoms with van der Waals surface area (Å²) in [6, 6.07) is 2.95. The van der Waals surface area contributed by atoms with Gasteiger partial charge in [-0.2, -0.15) is 0 Å². The maximum atomic E-state index is 11.3. The Hall–Kier alpha value is -1.72. The lowest BCUT2D eigenvalue weighted by Gasteiger charge is -2.00. The maximum absolute atomic E-state index is 11.3. The molecule has 0 atom stereocenters. The third-order valence-electron chi connectivity index (χ3n) is 2.28. The van der Waals surface area contributed by atoms with Gasteiger partial charge >= 0.3 is 11.9 Å². The summed E-state index contributed by atoms with van der Waals surface area (Å²) in [5.74, 6) is -1.60. The summed E-state index contributed by atoms with van der Waals surface area (Å²) in [7, 11) is 0. The third kappa shape index (κ3) is 1.47. The molecule has 0 unspecified atom stereocenters. The molecule has 2 heterocycles. The predicted molar refractivity (Wildman–Crippen MR) is 59.3 cm³/mol. The highest BCUT2D eigenvalue weighted by atomic mass is 35.5. The van der Waals surface area contributed by atoms with E-state index in [1.807, 2.05) is 0 Å². The van der Waals surface area contributed by atoms with Crippen molar-refractivity contribution in [3.05, 3.63) is 33.6 Å². The molecular weight excluding hydrogens is 267 g/mol. The molecular formula is C10H2Cl2N2O3. The molecule has 0 N–H and O–H groups in total. The van der Waals surface area contributed by atoms with E-state index < -0.39 is 11.9 Å². The summed E-state index contributed by atoms with van der Waals surface area (Å²) < 4.78 is 4.39. The normalized spacial score (nSPS) is 14.0. The summed E-state index contributed by atoms with van der Waals surface area (Å²) in [4.78, 5) is 30.5. The first-order valence-corrected chi connectivity index (χ1v) is 5.25. The minimum absolute atomic E-state index is 0.0964. The zero-order valence-corrected chi connectivity index (χ0v) is 9.54. The monoisotopic (exact) mass is 268 g/mol. The molecule has 0 radical (unpaired) electrons. The molecule has 1 aromatic heterocycles. The van der Waals surface area contributed by atoms with Crippen molar-refractivity contribution in [1.29, 1.82) is 0 Å². The fourth-order valence-corrected chi connectivity index (χ4v) is 1.83. The Balaban J connectivity index is 2.39. The molecule has 1 aliphatic heterocycles. The lowest BCUT2D eigenvalue weighted by molar-refractivity contribution is 0.0439. The van der Waals surface area contributed by atoms with Gasteiger partial charge in [0.2, 0.25) is 0 Å². The molecule has 0 amide bonds. The van der Waals surface area contributed by atoms with Crippen LogP contribution in [0.15, 0.2) is 12.1 Å². The van der Waals surface area contributed by atoms with Crippen molar-refractivity contribution in [3.8, 4) is 0 Å². The lowest BCUT2D eigenvalue weighted by Crippen LogP contribution is -2.00. The minimum Gasteiger partial charge on any atom is -0.383 e. The standard InChI is InChI=1S/C10H2Cl2N2O3/c11-3-1-5-6(2-4(3)12)14-8-7(13-5)9(15)17-10(8)16/h1-2H. The fraction of sp³-hybridized carbons (Fsp3) is 0. The zero-order valence-electron chi connectivity index (χ0n) is 8.03. The first kappa shape index (κ1) is 10.4. The molecule has 5 nitrogen and oxygen atoms in total. The van der Waals surface area contributed by atoms with Crippen molar-refractivity contribution in [2.45, 2.75) is 0 Å². The van der Waals surface area contributed by atoms with Crippen molar-refractivity contribution in [1.82, 2.24) is 9.97 Å². The number of fused-ring (bicyclic) bond motifs is 2. The average Bonchev–Trinajstić information content (AvgIpc) is 2.54. The molecule has 2 aromatic rings. The molecule has 0 spiro atoms. The molecule has 17 heavy (non-hydrogen) atoms. The SMILES string of the molecule is O=C1OC(=O)c2nc3cc(Cl)c(Cl)cc3nc21. The Morgan fingerprint density at radius 2 is 1.29 bits per heavy atom. The molecule has 0 saturated carbocycles. The molecule has 0 bridgehead atoms. The fourth-order valence-electron chi connectivity index (χ4n) is 1.52. The highest BCUT2D eigenvalue weighted by molar-refractivity contribution is 6.42. The molecule has 84 valence electrons. The first-order valence-electron chi connectivity index (χ1n) is 4.49. The lowest BCUT2D eigenvalue weighted by atomic mass is 10.2. The molecule has 3 rings (SSSR count). The van der Waals surface area contributed by atoms with Gasteiger partial charge in [-0.05, 0) is 12.1 Å². The van der Waals surface area contributed by atoms with Crippen LogP contribution in [0, 0.1) is 0 Å². The van der Waals surface area contributed by atoms with Crippen molar-refractivity contribution in [2.24, 2.45) is 0 Å². The molecule has 0 fully saturated rings. The number of benzene rings is 1. The Morgan fingerprint density at radius 3 is 1.71 bits per heavy atom. The highest BCUT2D eigenvalue weighted by Gasteiger charge is 2.33. The van der Waals surface area contributed by atoms with Gasteiger partial charge < -0.3 is 4.74 Å². The molecule has 0 saturated heterocycles. The number of cyclic esters (lactones) is 2. The van der Waals surface area contributed by atoms with Gasteiger partial charge in [-0.15, -0.1) is 0 Å². The quantitative estimate of drug-likeness (QED) is 0.542. The van der Waals surface area contributed by atoms with Crippen LogP contribution in [0.3, 0.4) is 0 Å². The van der Waals surface area contributed by atoms with E-state index in [4.69, 9.17) is 23.2 Å². The Kier molecular flexibility index (Phi) is 2.08. The predicted octanol–water partition coefficient (Wildman–Crippen LogP) is 2.25. The van der Waals surface area contributed by atoms with Crippen molar-refractivity contribution in [2.75, 3.05) is 0 Å². The van der Waals surface area contributed by atoms with E-state index in [-0.39, 0.29) is 11.4 Å². The van der Waals surface area contributed by atoms with Crippen LogP contribution in [0.1, 0.15) is 21.0 Å². The minimum atomic E-state index is -0.800. The number of nitrogens with zero attached hydrogens (tertiary/aromatic N) is 2. The van der Waals surface area contributed by atoms with Crippen LogP contribution >= 0.6 is 23.2 Å². The van der Waals surface area contributed by atoms with Crippen LogP contribution < -0.4 is 0 Å². The van der Waals surface area contributed by atoms with Crippen molar-refractivity contribution >= 4 is 46.2 Å². The van der Waals surface area contributed by atoms with Gasteiger partial charge in [0.1, 0.15) is 0 Å². The van der Waals surface area contributed by atoms with Crippen LogP contribution in [0.25, 0.3) is 11.0 Å². The van der Waals surface area contributed by atoms with Crippen molar-refractivity contribution in [3.63, 3.8) is 0 Å². The van der Waals surface area contributed by atoms with Gasteiger partial charge in [0.15, 0.2) is 11.4 Å². The second-order valence-corrected chi connectivity index (χ2v) is 4.17. The van der Waals surface area contributed by atoms with E-state index in [2.05, 4.69) is 14.7 Å². The Bertz CT molecular complexity index is 641. The van der Waals surface area contributed by atoms with E-state index in [9.17, 15) is 9.59 Å². The number of carbonyl (C=O) groups excluding carboxylic acids is 2. The number of hydrogen-bond acceptors (Lipinski definition) is 5. The Morgan fingerprint density at radius 1 is 0.882 bits per heavy atom. The highest BCUT2D eigenvalue weighted by Crippen LogP contribution is 2.28. The van der Waals surface area contributed by atoms with Crippen LogP contribution in [0.2, 0.25) is 10.0 Å². The van der Waals surface area contributed by atoms with E-state index in [0.717, 1.165) is 0 Å². The molecule has 7 heteroatoms. The van der Waals surface area contributed by atoms with Gasteiger partial charge in [0, 0.05) is 0 Å². The summed E-state index contributed by atoms with van der Waals surface area (Å²) in [6.07, 6.45) is 0.